The van der Waals surface area contributed by atoms with Crippen molar-refractivity contribution in [2.75, 3.05) is 26.2 Å². The first-order valence-corrected chi connectivity index (χ1v) is 6.25. The smallest absolute Gasteiger partial charge is 0.228 e. The highest BCUT2D eigenvalue weighted by atomic mass is 16.5. The lowest BCUT2D eigenvalue weighted by Gasteiger charge is -2.43. The number of ether oxygens (including phenoxy) is 1. The van der Waals surface area contributed by atoms with Gasteiger partial charge in [0.1, 0.15) is 0 Å². The van der Waals surface area contributed by atoms with Gasteiger partial charge in [0.2, 0.25) is 11.8 Å². The molecule has 6 nitrogen and oxygen atoms in total. The van der Waals surface area contributed by atoms with Gasteiger partial charge < -0.3 is 20.1 Å². The fourth-order valence-electron chi connectivity index (χ4n) is 2.60. The van der Waals surface area contributed by atoms with Crippen LogP contribution in [0.2, 0.25) is 0 Å². The van der Waals surface area contributed by atoms with Gasteiger partial charge in [-0.15, -0.1) is 0 Å². The summed E-state index contributed by atoms with van der Waals surface area (Å²) < 4.78 is 5.66. The molecular formula is C12H20N2O4. The van der Waals surface area contributed by atoms with E-state index in [0.29, 0.717) is 19.6 Å². The number of rotatable bonds is 2. The van der Waals surface area contributed by atoms with Crippen LogP contribution in [0.15, 0.2) is 0 Å². The zero-order chi connectivity index (χ0) is 13.3. The Hall–Kier alpha value is -1.14. The second kappa shape index (κ2) is 4.85. The SMILES string of the molecule is CC1(C)CN(C(=O)C2CNC(=O)C2)CC(CO)O1. The molecule has 0 saturated carbocycles. The lowest BCUT2D eigenvalue weighted by atomic mass is 10.0. The maximum absolute atomic E-state index is 12.3. The molecule has 0 aromatic rings. The van der Waals surface area contributed by atoms with Gasteiger partial charge in [-0.25, -0.2) is 0 Å². The number of aliphatic hydroxyl groups is 1. The summed E-state index contributed by atoms with van der Waals surface area (Å²) in [6.07, 6.45) is -0.0804. The van der Waals surface area contributed by atoms with Crippen LogP contribution < -0.4 is 5.32 Å². The number of hydrogen-bond acceptors (Lipinski definition) is 4. The third-order valence-electron chi connectivity index (χ3n) is 3.32. The lowest BCUT2D eigenvalue weighted by Crippen LogP contribution is -2.56. The molecule has 2 unspecified atom stereocenters. The Morgan fingerprint density at radius 1 is 1.61 bits per heavy atom. The van der Waals surface area contributed by atoms with Crippen molar-refractivity contribution >= 4 is 11.8 Å². The van der Waals surface area contributed by atoms with Gasteiger partial charge in [-0.2, -0.15) is 0 Å². The first kappa shape index (κ1) is 13.3. The Balaban J connectivity index is 2.03. The van der Waals surface area contributed by atoms with Crippen LogP contribution in [0.5, 0.6) is 0 Å². The number of nitrogens with zero attached hydrogens (tertiary/aromatic N) is 1. The number of carbonyl (C=O) groups excluding carboxylic acids is 2. The van der Waals surface area contributed by atoms with Crippen LogP contribution in [0.4, 0.5) is 0 Å². The highest BCUT2D eigenvalue weighted by Gasteiger charge is 2.39. The van der Waals surface area contributed by atoms with E-state index >= 15 is 0 Å². The van der Waals surface area contributed by atoms with Crippen molar-refractivity contribution in [3.63, 3.8) is 0 Å². The summed E-state index contributed by atoms with van der Waals surface area (Å²) in [5, 5.41) is 11.9. The maximum atomic E-state index is 12.3. The van der Waals surface area contributed by atoms with Crippen LogP contribution in [0.1, 0.15) is 20.3 Å². The van der Waals surface area contributed by atoms with Gasteiger partial charge in [0.25, 0.3) is 0 Å². The third kappa shape index (κ3) is 2.81. The monoisotopic (exact) mass is 256 g/mol. The Bertz CT molecular complexity index is 356. The zero-order valence-corrected chi connectivity index (χ0v) is 10.8. The minimum Gasteiger partial charge on any atom is -0.394 e. The van der Waals surface area contributed by atoms with Crippen LogP contribution in [0.3, 0.4) is 0 Å². The van der Waals surface area contributed by atoms with E-state index in [1.54, 1.807) is 4.90 Å². The molecule has 2 saturated heterocycles. The number of hydrogen-bond donors (Lipinski definition) is 2. The molecule has 0 spiro atoms. The average molecular weight is 256 g/mol. The molecule has 2 N–H and O–H groups in total. The van der Waals surface area contributed by atoms with Gasteiger partial charge in [0.15, 0.2) is 0 Å². The van der Waals surface area contributed by atoms with E-state index in [2.05, 4.69) is 5.32 Å². The van der Waals surface area contributed by atoms with Gasteiger partial charge in [-0.05, 0) is 13.8 Å². The molecule has 2 heterocycles. The van der Waals surface area contributed by atoms with Crippen molar-refractivity contribution in [3.05, 3.63) is 0 Å². The molecule has 2 atom stereocenters. The summed E-state index contributed by atoms with van der Waals surface area (Å²) in [4.78, 5) is 25.1. The van der Waals surface area contributed by atoms with E-state index in [1.807, 2.05) is 13.8 Å². The molecular weight excluding hydrogens is 236 g/mol. The van der Waals surface area contributed by atoms with Crippen LogP contribution in [0, 0.1) is 5.92 Å². The number of amides is 2. The van der Waals surface area contributed by atoms with Crippen molar-refractivity contribution in [1.82, 2.24) is 10.2 Å². The van der Waals surface area contributed by atoms with Crippen LogP contribution >= 0.6 is 0 Å². The first-order chi connectivity index (χ1) is 8.41. The molecule has 2 amide bonds. The largest absolute Gasteiger partial charge is 0.394 e. The lowest BCUT2D eigenvalue weighted by molar-refractivity contribution is -0.169. The quantitative estimate of drug-likeness (QED) is 0.672. The summed E-state index contributed by atoms with van der Waals surface area (Å²) in [5.41, 5.74) is -0.461. The molecule has 102 valence electrons. The van der Waals surface area contributed by atoms with E-state index in [9.17, 15) is 14.7 Å². The summed E-state index contributed by atoms with van der Waals surface area (Å²) >= 11 is 0. The Labute approximate surface area is 106 Å². The second-order valence-corrected chi connectivity index (χ2v) is 5.61. The number of carbonyl (C=O) groups is 2. The number of nitrogens with one attached hydrogen (secondary N) is 1. The zero-order valence-electron chi connectivity index (χ0n) is 10.8. The minimum absolute atomic E-state index is 0.0248. The third-order valence-corrected chi connectivity index (χ3v) is 3.32. The van der Waals surface area contributed by atoms with Gasteiger partial charge in [-0.1, -0.05) is 0 Å². The molecule has 2 rings (SSSR count). The van der Waals surface area contributed by atoms with E-state index in [0.717, 1.165) is 0 Å². The number of morpholine rings is 1. The molecule has 0 aromatic carbocycles. The fraction of sp³-hybridized carbons (Fsp3) is 0.833. The van der Waals surface area contributed by atoms with Gasteiger partial charge in [0.05, 0.1) is 24.2 Å². The van der Waals surface area contributed by atoms with Crippen molar-refractivity contribution in [3.8, 4) is 0 Å². The van der Waals surface area contributed by atoms with Gasteiger partial charge >= 0.3 is 0 Å². The van der Waals surface area contributed by atoms with E-state index in [-0.39, 0.29) is 36.9 Å². The van der Waals surface area contributed by atoms with E-state index in [4.69, 9.17) is 4.74 Å². The van der Waals surface area contributed by atoms with Crippen molar-refractivity contribution in [2.24, 2.45) is 5.92 Å². The average Bonchev–Trinajstić information content (AvgIpc) is 2.72. The molecule has 2 aliphatic heterocycles. The van der Waals surface area contributed by atoms with Gasteiger partial charge in [0, 0.05) is 26.1 Å². The van der Waals surface area contributed by atoms with Crippen molar-refractivity contribution in [1.29, 1.82) is 0 Å². The number of aliphatic hydroxyl groups excluding tert-OH is 1. The molecule has 2 aliphatic rings. The minimum atomic E-state index is -0.461. The van der Waals surface area contributed by atoms with Crippen molar-refractivity contribution in [2.45, 2.75) is 32.0 Å². The molecule has 2 fully saturated rings. The first-order valence-electron chi connectivity index (χ1n) is 6.25. The molecule has 0 radical (unpaired) electrons. The molecule has 18 heavy (non-hydrogen) atoms. The highest BCUT2D eigenvalue weighted by Crippen LogP contribution is 2.23. The van der Waals surface area contributed by atoms with Crippen LogP contribution in [-0.2, 0) is 14.3 Å². The molecule has 0 aliphatic carbocycles. The molecule has 0 bridgehead atoms. The van der Waals surface area contributed by atoms with Crippen LogP contribution in [-0.4, -0.2) is 59.8 Å². The Kier molecular flexibility index (Phi) is 3.59. The Morgan fingerprint density at radius 2 is 2.33 bits per heavy atom. The Morgan fingerprint density at radius 3 is 2.89 bits per heavy atom. The normalized spacial score (nSPS) is 31.3. The summed E-state index contributed by atoms with van der Waals surface area (Å²) in [5.74, 6) is -0.367. The van der Waals surface area contributed by atoms with E-state index in [1.165, 1.54) is 0 Å². The van der Waals surface area contributed by atoms with Crippen molar-refractivity contribution < 1.29 is 19.4 Å². The van der Waals surface area contributed by atoms with Crippen LogP contribution in [0.25, 0.3) is 0 Å². The highest BCUT2D eigenvalue weighted by molar-refractivity contribution is 5.89. The second-order valence-electron chi connectivity index (χ2n) is 5.61. The maximum Gasteiger partial charge on any atom is 0.228 e. The molecule has 0 aromatic heterocycles. The standard InChI is InChI=1S/C12H20N2O4/c1-12(2)7-14(5-9(6-15)18-12)11(17)8-3-10(16)13-4-8/h8-9,15H,3-7H2,1-2H3,(H,13,16). The topological polar surface area (TPSA) is 78.9 Å². The van der Waals surface area contributed by atoms with E-state index < -0.39 is 5.60 Å². The summed E-state index contributed by atoms with van der Waals surface area (Å²) in [6, 6.07) is 0. The summed E-state index contributed by atoms with van der Waals surface area (Å²) in [7, 11) is 0. The predicted molar refractivity (Wildman–Crippen MR) is 63.7 cm³/mol. The molecule has 6 heteroatoms. The van der Waals surface area contributed by atoms with Gasteiger partial charge in [-0.3, -0.25) is 9.59 Å². The predicted octanol–water partition coefficient (Wildman–Crippen LogP) is -0.879. The summed E-state index contributed by atoms with van der Waals surface area (Å²) in [6.45, 7) is 4.99. The fourth-order valence-corrected chi connectivity index (χ4v) is 2.60.